The molecule has 0 spiro atoms. The van der Waals surface area contributed by atoms with Crippen molar-refractivity contribution < 1.29 is 21.6 Å². The van der Waals surface area contributed by atoms with Crippen molar-refractivity contribution in [3.63, 3.8) is 0 Å². The van der Waals surface area contributed by atoms with Crippen LogP contribution in [0.1, 0.15) is 11.1 Å². The number of alkyl halides is 3. The van der Waals surface area contributed by atoms with E-state index in [-0.39, 0.29) is 16.5 Å². The van der Waals surface area contributed by atoms with Crippen LogP contribution in [0.4, 0.5) is 30.5 Å². The first kappa shape index (κ1) is 21.6. The predicted octanol–water partition coefficient (Wildman–Crippen LogP) is 5.50. The molecule has 0 fully saturated rings. The quantitative estimate of drug-likeness (QED) is 0.413. The Kier molecular flexibility index (Phi) is 5.47. The SMILES string of the molecule is Cc1ccc(S(=O)(=O)Nc2nc3ccccc3nc2Nc2ccc(C(F)(F)F)cc2)cc1. The average Bonchev–Trinajstić information content (AvgIpc) is 2.74. The second-order valence-electron chi connectivity index (χ2n) is 7.03. The fraction of sp³-hybridized carbons (Fsp3) is 0.0909. The summed E-state index contributed by atoms with van der Waals surface area (Å²) in [4.78, 5) is 8.81. The zero-order chi connectivity index (χ0) is 22.9. The maximum absolute atomic E-state index is 12.9. The van der Waals surface area contributed by atoms with E-state index in [0.717, 1.165) is 17.7 Å². The molecule has 0 radical (unpaired) electrons. The highest BCUT2D eigenvalue weighted by Gasteiger charge is 2.30. The highest BCUT2D eigenvalue weighted by molar-refractivity contribution is 7.92. The van der Waals surface area contributed by atoms with Gasteiger partial charge in [-0.25, -0.2) is 18.4 Å². The number of nitrogens with one attached hydrogen (secondary N) is 2. The standard InChI is InChI=1S/C22H17F3N4O2S/c1-14-6-12-17(13-7-14)32(30,31)29-21-20(27-18-4-2-3-5-19(18)28-21)26-16-10-8-15(9-11-16)22(23,24)25/h2-13H,1H3,(H,26,27)(H,28,29). The smallest absolute Gasteiger partial charge is 0.337 e. The third-order valence-electron chi connectivity index (χ3n) is 4.61. The number of nitrogens with zero attached hydrogens (tertiary/aromatic N) is 2. The highest BCUT2D eigenvalue weighted by atomic mass is 32.2. The summed E-state index contributed by atoms with van der Waals surface area (Å²) in [6, 6.07) is 17.4. The third kappa shape index (κ3) is 4.65. The Morgan fingerprint density at radius 1 is 0.781 bits per heavy atom. The summed E-state index contributed by atoms with van der Waals surface area (Å²) >= 11 is 0. The molecule has 1 heterocycles. The molecule has 2 N–H and O–H groups in total. The van der Waals surface area contributed by atoms with Crippen LogP contribution >= 0.6 is 0 Å². The van der Waals surface area contributed by atoms with Gasteiger partial charge in [0.2, 0.25) is 0 Å². The second-order valence-corrected chi connectivity index (χ2v) is 8.71. The van der Waals surface area contributed by atoms with Crippen molar-refractivity contribution in [2.75, 3.05) is 10.0 Å². The van der Waals surface area contributed by atoms with E-state index in [0.29, 0.717) is 16.7 Å². The molecule has 0 aliphatic rings. The number of aryl methyl sites for hydroxylation is 1. The van der Waals surface area contributed by atoms with Crippen molar-refractivity contribution in [1.29, 1.82) is 0 Å². The highest BCUT2D eigenvalue weighted by Crippen LogP contribution is 2.31. The monoisotopic (exact) mass is 458 g/mol. The molecular formula is C22H17F3N4O2S. The first-order valence-corrected chi connectivity index (χ1v) is 10.9. The molecule has 3 aromatic carbocycles. The molecule has 6 nitrogen and oxygen atoms in total. The maximum Gasteiger partial charge on any atom is 0.416 e. The molecular weight excluding hydrogens is 441 g/mol. The largest absolute Gasteiger partial charge is 0.416 e. The zero-order valence-electron chi connectivity index (χ0n) is 16.7. The number of aromatic nitrogens is 2. The van der Waals surface area contributed by atoms with Crippen LogP contribution in [0.15, 0.2) is 77.7 Å². The second kappa shape index (κ2) is 8.12. The minimum Gasteiger partial charge on any atom is -0.337 e. The van der Waals surface area contributed by atoms with Crippen LogP contribution in [0.2, 0.25) is 0 Å². The van der Waals surface area contributed by atoms with Crippen molar-refractivity contribution >= 4 is 38.4 Å². The maximum atomic E-state index is 12.9. The molecule has 4 aromatic rings. The minimum atomic E-state index is -4.46. The lowest BCUT2D eigenvalue weighted by Crippen LogP contribution is -2.16. The van der Waals surface area contributed by atoms with E-state index in [1.54, 1.807) is 36.4 Å². The van der Waals surface area contributed by atoms with Crippen molar-refractivity contribution in [3.05, 3.63) is 83.9 Å². The van der Waals surface area contributed by atoms with Gasteiger partial charge in [0.15, 0.2) is 11.6 Å². The van der Waals surface area contributed by atoms with Crippen molar-refractivity contribution in [2.24, 2.45) is 0 Å². The molecule has 0 unspecified atom stereocenters. The summed E-state index contributed by atoms with van der Waals surface area (Å²) < 4.78 is 66.7. The summed E-state index contributed by atoms with van der Waals surface area (Å²) in [5.41, 5.74) is 1.33. The van der Waals surface area contributed by atoms with Gasteiger partial charge in [-0.2, -0.15) is 13.2 Å². The fourth-order valence-corrected chi connectivity index (χ4v) is 3.95. The number of sulfonamides is 1. The first-order valence-electron chi connectivity index (χ1n) is 9.42. The predicted molar refractivity (Wildman–Crippen MR) is 116 cm³/mol. The zero-order valence-corrected chi connectivity index (χ0v) is 17.5. The fourth-order valence-electron chi connectivity index (χ4n) is 2.94. The van der Waals surface area contributed by atoms with Gasteiger partial charge in [0.05, 0.1) is 21.5 Å². The van der Waals surface area contributed by atoms with Crippen LogP contribution < -0.4 is 10.0 Å². The van der Waals surface area contributed by atoms with Crippen molar-refractivity contribution in [3.8, 4) is 0 Å². The molecule has 0 saturated heterocycles. The summed E-state index contributed by atoms with van der Waals surface area (Å²) in [5.74, 6) is -0.0247. The Labute approximate surface area is 182 Å². The Morgan fingerprint density at radius 3 is 1.91 bits per heavy atom. The molecule has 4 rings (SSSR count). The van der Waals surface area contributed by atoms with Crippen LogP contribution in [-0.2, 0) is 16.2 Å². The van der Waals surface area contributed by atoms with Gasteiger partial charge in [0.1, 0.15) is 0 Å². The average molecular weight is 458 g/mol. The minimum absolute atomic E-state index is 0.0403. The molecule has 0 atom stereocenters. The van der Waals surface area contributed by atoms with Crippen LogP contribution in [-0.4, -0.2) is 18.4 Å². The number of hydrogen-bond acceptors (Lipinski definition) is 5. The molecule has 0 bridgehead atoms. The summed E-state index contributed by atoms with van der Waals surface area (Å²) in [6.45, 7) is 1.84. The molecule has 32 heavy (non-hydrogen) atoms. The molecule has 0 aliphatic carbocycles. The molecule has 164 valence electrons. The molecule has 0 saturated carbocycles. The topological polar surface area (TPSA) is 84.0 Å². The van der Waals surface area contributed by atoms with Crippen LogP contribution in [0.5, 0.6) is 0 Å². The number of para-hydroxylation sites is 2. The van der Waals surface area contributed by atoms with Gasteiger partial charge in [-0.3, -0.25) is 4.72 Å². The molecule has 0 aliphatic heterocycles. The van der Waals surface area contributed by atoms with Crippen molar-refractivity contribution in [1.82, 2.24) is 9.97 Å². The van der Waals surface area contributed by atoms with E-state index in [9.17, 15) is 21.6 Å². The summed E-state index contributed by atoms with van der Waals surface area (Å²) in [6.07, 6.45) is -4.46. The van der Waals surface area contributed by atoms with Gasteiger partial charge < -0.3 is 5.32 Å². The van der Waals surface area contributed by atoms with E-state index >= 15 is 0 Å². The molecule has 10 heteroatoms. The van der Waals surface area contributed by atoms with Gasteiger partial charge in [0.25, 0.3) is 10.0 Å². The van der Waals surface area contributed by atoms with E-state index in [1.165, 1.54) is 24.3 Å². The van der Waals surface area contributed by atoms with E-state index < -0.39 is 21.8 Å². The van der Waals surface area contributed by atoms with E-state index in [4.69, 9.17) is 0 Å². The lowest BCUT2D eigenvalue weighted by atomic mass is 10.2. The van der Waals surface area contributed by atoms with Gasteiger partial charge in [0, 0.05) is 5.69 Å². The lowest BCUT2D eigenvalue weighted by Gasteiger charge is -2.14. The number of anilines is 3. The number of hydrogen-bond donors (Lipinski definition) is 2. The normalized spacial score (nSPS) is 12.0. The van der Waals surface area contributed by atoms with Gasteiger partial charge in [-0.05, 0) is 55.5 Å². The van der Waals surface area contributed by atoms with Crippen LogP contribution in [0, 0.1) is 6.92 Å². The van der Waals surface area contributed by atoms with Crippen LogP contribution in [0.3, 0.4) is 0 Å². The van der Waals surface area contributed by atoms with E-state index in [2.05, 4.69) is 20.0 Å². The summed E-state index contributed by atoms with van der Waals surface area (Å²) in [5, 5.41) is 2.86. The van der Waals surface area contributed by atoms with Crippen molar-refractivity contribution in [2.45, 2.75) is 18.0 Å². The number of rotatable bonds is 5. The van der Waals surface area contributed by atoms with Gasteiger partial charge >= 0.3 is 6.18 Å². The van der Waals surface area contributed by atoms with Crippen LogP contribution in [0.25, 0.3) is 11.0 Å². The lowest BCUT2D eigenvalue weighted by molar-refractivity contribution is -0.137. The van der Waals surface area contributed by atoms with Gasteiger partial charge in [-0.1, -0.05) is 29.8 Å². The number of fused-ring (bicyclic) bond motifs is 1. The third-order valence-corrected chi connectivity index (χ3v) is 5.96. The summed E-state index contributed by atoms with van der Waals surface area (Å²) in [7, 11) is -3.98. The number of halogens is 3. The molecule has 0 amide bonds. The Hall–Kier alpha value is -3.66. The Balaban J connectivity index is 1.73. The Morgan fingerprint density at radius 2 is 1.34 bits per heavy atom. The number of benzene rings is 3. The van der Waals surface area contributed by atoms with Gasteiger partial charge in [-0.15, -0.1) is 0 Å². The first-order chi connectivity index (χ1) is 15.1. The van der Waals surface area contributed by atoms with E-state index in [1.807, 2.05) is 6.92 Å². The Bertz CT molecular complexity index is 1370. The molecule has 1 aromatic heterocycles.